The Morgan fingerprint density at radius 1 is 1.21 bits per heavy atom. The van der Waals surface area contributed by atoms with Crippen molar-refractivity contribution in [2.45, 2.75) is 59.0 Å². The van der Waals surface area contributed by atoms with E-state index < -0.39 is 0 Å². The lowest BCUT2D eigenvalue weighted by Gasteiger charge is -2.07. The highest BCUT2D eigenvalue weighted by Gasteiger charge is 2.10. The van der Waals surface area contributed by atoms with Gasteiger partial charge in [0.25, 0.3) is 0 Å². The summed E-state index contributed by atoms with van der Waals surface area (Å²) in [6, 6.07) is 7.99. The van der Waals surface area contributed by atoms with Crippen molar-refractivity contribution >= 4 is 22.8 Å². The van der Waals surface area contributed by atoms with Gasteiger partial charge in [-0.25, -0.2) is 0 Å². The Hall–Kier alpha value is -2.56. The lowest BCUT2D eigenvalue weighted by Crippen LogP contribution is -2.19. The monoisotopic (exact) mass is 384 g/mol. The third-order valence-electron chi connectivity index (χ3n) is 4.76. The van der Waals surface area contributed by atoms with Crippen LogP contribution in [-0.2, 0) is 27.4 Å². The zero-order chi connectivity index (χ0) is 20.4. The fourth-order valence-corrected chi connectivity index (χ4v) is 3.20. The van der Waals surface area contributed by atoms with Gasteiger partial charge in [0.15, 0.2) is 0 Å². The van der Waals surface area contributed by atoms with Gasteiger partial charge in [-0.1, -0.05) is 57.9 Å². The molecule has 0 spiro atoms. The lowest BCUT2D eigenvalue weighted by atomic mass is 10.1. The molecule has 0 atom stereocenters. The highest BCUT2D eigenvalue weighted by molar-refractivity contribution is 5.88. The number of para-hydroxylation sites is 1. The van der Waals surface area contributed by atoms with Crippen LogP contribution >= 0.6 is 0 Å². The molecule has 152 valence electrons. The van der Waals surface area contributed by atoms with Crippen molar-refractivity contribution in [2.75, 3.05) is 6.61 Å². The van der Waals surface area contributed by atoms with E-state index in [4.69, 9.17) is 4.74 Å². The number of fused-ring (bicyclic) bond motifs is 1. The predicted octanol–water partition coefficient (Wildman–Crippen LogP) is 4.59. The number of benzene rings is 1. The molecule has 28 heavy (non-hydrogen) atoms. The van der Waals surface area contributed by atoms with Crippen molar-refractivity contribution in [1.82, 2.24) is 9.88 Å². The second kappa shape index (κ2) is 11.3. The quantitative estimate of drug-likeness (QED) is 0.331. The highest BCUT2D eigenvalue weighted by atomic mass is 16.5. The van der Waals surface area contributed by atoms with Crippen molar-refractivity contribution in [2.24, 2.45) is 5.92 Å². The molecule has 1 amide bonds. The third kappa shape index (κ3) is 6.87. The largest absolute Gasteiger partial charge is 0.466 e. The first kappa shape index (κ1) is 21.7. The Balaban J connectivity index is 1.84. The number of esters is 1. The molecule has 1 heterocycles. The maximum Gasteiger partial charge on any atom is 0.307 e. The van der Waals surface area contributed by atoms with Crippen LogP contribution in [0.15, 0.2) is 43.1 Å². The average molecular weight is 385 g/mol. The van der Waals surface area contributed by atoms with Crippen molar-refractivity contribution < 1.29 is 14.3 Å². The number of carbonyl (C=O) groups excluding carboxylic acids is 2. The van der Waals surface area contributed by atoms with Gasteiger partial charge in [0.2, 0.25) is 5.91 Å². The van der Waals surface area contributed by atoms with Crippen LogP contribution in [0.2, 0.25) is 0 Å². The number of aryl methyl sites for hydroxylation is 1. The number of ether oxygens (including phenoxy) is 1. The minimum absolute atomic E-state index is 0.164. The lowest BCUT2D eigenvalue weighted by molar-refractivity contribution is -0.144. The third-order valence-corrected chi connectivity index (χ3v) is 4.76. The van der Waals surface area contributed by atoms with Crippen LogP contribution in [0.25, 0.3) is 10.9 Å². The van der Waals surface area contributed by atoms with Crippen molar-refractivity contribution in [3.8, 4) is 0 Å². The number of aromatic nitrogens is 1. The Morgan fingerprint density at radius 2 is 2.00 bits per heavy atom. The standard InChI is InChI=1S/C23H32N2O3/c1-4-22(26)24-16-19-17-25(21-12-8-7-11-20(19)21)14-13-23(27)28-15-9-5-6-10-18(2)3/h4,7-8,11-12,17-18H,1,5-6,9-10,13-16H2,2-3H3,(H,24,26). The zero-order valence-electron chi connectivity index (χ0n) is 17.1. The van der Waals surface area contributed by atoms with E-state index in [1.54, 1.807) is 0 Å². The number of hydrogen-bond acceptors (Lipinski definition) is 3. The first-order valence-electron chi connectivity index (χ1n) is 10.1. The topological polar surface area (TPSA) is 60.3 Å². The zero-order valence-corrected chi connectivity index (χ0v) is 17.1. The summed E-state index contributed by atoms with van der Waals surface area (Å²) in [4.78, 5) is 23.5. The van der Waals surface area contributed by atoms with Crippen LogP contribution in [0.3, 0.4) is 0 Å². The fraction of sp³-hybridized carbons (Fsp3) is 0.478. The Labute approximate surface area is 167 Å². The maximum atomic E-state index is 12.1. The number of rotatable bonds is 12. The summed E-state index contributed by atoms with van der Waals surface area (Å²) in [6.07, 6.45) is 8.04. The van der Waals surface area contributed by atoms with Crippen molar-refractivity contribution in [3.05, 3.63) is 48.7 Å². The van der Waals surface area contributed by atoms with Crippen LogP contribution in [0.5, 0.6) is 0 Å². The van der Waals surface area contributed by atoms with Gasteiger partial charge in [-0.15, -0.1) is 0 Å². The molecule has 0 fully saturated rings. The van der Waals surface area contributed by atoms with Crippen LogP contribution in [0.4, 0.5) is 0 Å². The fourth-order valence-electron chi connectivity index (χ4n) is 3.20. The summed E-state index contributed by atoms with van der Waals surface area (Å²) < 4.78 is 7.41. The van der Waals surface area contributed by atoms with E-state index in [-0.39, 0.29) is 11.9 Å². The van der Waals surface area contributed by atoms with Gasteiger partial charge in [-0.05, 0) is 30.0 Å². The Kier molecular flexibility index (Phi) is 8.79. The molecular formula is C23H32N2O3. The number of hydrogen-bond donors (Lipinski definition) is 1. The molecule has 0 radical (unpaired) electrons. The first-order chi connectivity index (χ1) is 13.5. The minimum atomic E-state index is -0.200. The molecule has 0 aliphatic rings. The summed E-state index contributed by atoms with van der Waals surface area (Å²) >= 11 is 0. The molecule has 0 bridgehead atoms. The van der Waals surface area contributed by atoms with Gasteiger partial charge in [-0.3, -0.25) is 9.59 Å². The van der Waals surface area contributed by atoms with Gasteiger partial charge in [0, 0.05) is 30.2 Å². The van der Waals surface area contributed by atoms with E-state index in [2.05, 4.69) is 30.3 Å². The summed E-state index contributed by atoms with van der Waals surface area (Å²) in [5.74, 6) is 0.367. The molecule has 1 aromatic heterocycles. The number of nitrogens with one attached hydrogen (secondary N) is 1. The summed E-state index contributed by atoms with van der Waals surface area (Å²) in [5, 5.41) is 3.88. The SMILES string of the molecule is C=CC(=O)NCc1cn(CCC(=O)OCCCCCC(C)C)c2ccccc12. The molecule has 0 saturated heterocycles. The van der Waals surface area contributed by atoms with E-state index in [1.807, 2.05) is 30.5 Å². The summed E-state index contributed by atoms with van der Waals surface area (Å²) in [6.45, 7) is 9.41. The van der Waals surface area contributed by atoms with Crippen molar-refractivity contribution in [1.29, 1.82) is 0 Å². The van der Waals surface area contributed by atoms with E-state index in [1.165, 1.54) is 18.9 Å². The molecule has 0 aliphatic heterocycles. The molecule has 1 N–H and O–H groups in total. The van der Waals surface area contributed by atoms with Crippen LogP contribution in [0.1, 0.15) is 51.5 Å². The van der Waals surface area contributed by atoms with E-state index >= 15 is 0 Å². The molecule has 1 aromatic carbocycles. The molecule has 5 nitrogen and oxygen atoms in total. The number of unbranched alkanes of at least 4 members (excludes halogenated alkanes) is 2. The van der Waals surface area contributed by atoms with Crippen molar-refractivity contribution in [3.63, 3.8) is 0 Å². The van der Waals surface area contributed by atoms with Gasteiger partial charge in [0.1, 0.15) is 0 Å². The molecule has 0 unspecified atom stereocenters. The number of nitrogens with zero attached hydrogens (tertiary/aromatic N) is 1. The second-order valence-corrected chi connectivity index (χ2v) is 7.50. The van der Waals surface area contributed by atoms with E-state index in [9.17, 15) is 9.59 Å². The molecule has 2 aromatic rings. The highest BCUT2D eigenvalue weighted by Crippen LogP contribution is 2.21. The molecule has 0 saturated carbocycles. The van der Waals surface area contributed by atoms with Gasteiger partial charge < -0.3 is 14.6 Å². The summed E-state index contributed by atoms with van der Waals surface area (Å²) in [7, 11) is 0. The van der Waals surface area contributed by atoms with Crippen LogP contribution < -0.4 is 5.32 Å². The smallest absolute Gasteiger partial charge is 0.307 e. The maximum absolute atomic E-state index is 12.1. The van der Waals surface area contributed by atoms with Gasteiger partial charge in [-0.2, -0.15) is 0 Å². The summed E-state index contributed by atoms with van der Waals surface area (Å²) in [5.41, 5.74) is 2.07. The number of amides is 1. The first-order valence-corrected chi connectivity index (χ1v) is 10.1. The molecule has 5 heteroatoms. The average Bonchev–Trinajstić information content (AvgIpc) is 3.05. The molecular weight excluding hydrogens is 352 g/mol. The second-order valence-electron chi connectivity index (χ2n) is 7.50. The predicted molar refractivity (Wildman–Crippen MR) is 113 cm³/mol. The normalized spacial score (nSPS) is 11.0. The van der Waals surface area contributed by atoms with Gasteiger partial charge in [0.05, 0.1) is 13.0 Å². The van der Waals surface area contributed by atoms with E-state index in [0.717, 1.165) is 35.2 Å². The van der Waals surface area contributed by atoms with Crippen LogP contribution in [-0.4, -0.2) is 23.1 Å². The molecule has 0 aliphatic carbocycles. The van der Waals surface area contributed by atoms with Gasteiger partial charge >= 0.3 is 5.97 Å². The number of carbonyl (C=O) groups is 2. The Morgan fingerprint density at radius 3 is 2.75 bits per heavy atom. The van der Waals surface area contributed by atoms with Crippen LogP contribution in [0, 0.1) is 5.92 Å². The van der Waals surface area contributed by atoms with E-state index in [0.29, 0.717) is 26.1 Å². The minimum Gasteiger partial charge on any atom is -0.466 e. The Bertz CT molecular complexity index is 792. The molecule has 2 rings (SSSR count).